The van der Waals surface area contributed by atoms with Crippen LogP contribution in [0.15, 0.2) is 65.5 Å². The molecule has 0 N–H and O–H groups in total. The van der Waals surface area contributed by atoms with Gasteiger partial charge in [0.05, 0.1) is 17.7 Å². The molecule has 0 atom stereocenters. The van der Waals surface area contributed by atoms with Crippen LogP contribution in [0.4, 0.5) is 5.69 Å². The fourth-order valence-electron chi connectivity index (χ4n) is 3.32. The number of furan rings is 1. The number of benzene rings is 2. The van der Waals surface area contributed by atoms with E-state index < -0.39 is 0 Å². The summed E-state index contributed by atoms with van der Waals surface area (Å²) < 4.78 is 6.13. The van der Waals surface area contributed by atoms with Gasteiger partial charge in [0.2, 0.25) is 5.71 Å². The molecule has 2 aromatic carbocycles. The van der Waals surface area contributed by atoms with Crippen LogP contribution in [0.5, 0.6) is 0 Å². The third kappa shape index (κ3) is 1.75. The number of pyridine rings is 1. The molecule has 0 spiro atoms. The zero-order valence-corrected chi connectivity index (χ0v) is 12.7. The highest BCUT2D eigenvalue weighted by atomic mass is 16.3. The lowest BCUT2D eigenvalue weighted by Crippen LogP contribution is -2.21. The van der Waals surface area contributed by atoms with Crippen LogP contribution in [0.25, 0.3) is 32.8 Å². The summed E-state index contributed by atoms with van der Waals surface area (Å²) in [7, 11) is 2.06. The van der Waals surface area contributed by atoms with E-state index in [1.165, 1.54) is 5.39 Å². The van der Waals surface area contributed by atoms with E-state index in [2.05, 4.69) is 70.6 Å². The van der Waals surface area contributed by atoms with Gasteiger partial charge in [0.15, 0.2) is 5.58 Å². The maximum atomic E-state index is 6.13. The second-order valence-corrected chi connectivity index (χ2v) is 5.95. The lowest BCUT2D eigenvalue weighted by atomic mass is 10.1. The zero-order valence-electron chi connectivity index (χ0n) is 12.7. The second-order valence-electron chi connectivity index (χ2n) is 5.95. The van der Waals surface area contributed by atoms with E-state index in [9.17, 15) is 0 Å². The summed E-state index contributed by atoms with van der Waals surface area (Å²) in [5, 5.41) is 4.53. The van der Waals surface area contributed by atoms with Crippen molar-refractivity contribution in [2.24, 2.45) is 0 Å². The zero-order chi connectivity index (χ0) is 15.4. The summed E-state index contributed by atoms with van der Waals surface area (Å²) in [5.41, 5.74) is 2.67. The summed E-state index contributed by atoms with van der Waals surface area (Å²) in [5.74, 6) is 0. The summed E-state index contributed by atoms with van der Waals surface area (Å²) >= 11 is 0. The Morgan fingerprint density at radius 3 is 2.74 bits per heavy atom. The molecular weight excluding hydrogens is 286 g/mol. The van der Waals surface area contributed by atoms with Crippen LogP contribution in [-0.2, 0) is 0 Å². The van der Waals surface area contributed by atoms with E-state index in [1.54, 1.807) is 0 Å². The minimum absolute atomic E-state index is 0.697. The van der Waals surface area contributed by atoms with Crippen LogP contribution in [0, 0.1) is 0 Å². The number of hydrogen-bond donors (Lipinski definition) is 0. The van der Waals surface area contributed by atoms with Gasteiger partial charge in [-0.15, -0.1) is 0 Å². The van der Waals surface area contributed by atoms with Crippen LogP contribution in [0.3, 0.4) is 0 Å². The van der Waals surface area contributed by atoms with Gasteiger partial charge in [-0.1, -0.05) is 36.4 Å². The van der Waals surface area contributed by atoms with Crippen LogP contribution in [-0.4, -0.2) is 23.6 Å². The summed E-state index contributed by atoms with van der Waals surface area (Å²) in [6.45, 7) is 0.824. The van der Waals surface area contributed by atoms with Crippen molar-refractivity contribution in [3.05, 3.63) is 61.1 Å². The van der Waals surface area contributed by atoms with E-state index >= 15 is 0 Å². The maximum Gasteiger partial charge on any atom is 0.228 e. The quantitative estimate of drug-likeness (QED) is 0.524. The first kappa shape index (κ1) is 12.5. The van der Waals surface area contributed by atoms with Crippen LogP contribution >= 0.6 is 0 Å². The van der Waals surface area contributed by atoms with Crippen molar-refractivity contribution < 1.29 is 4.42 Å². The Morgan fingerprint density at radius 2 is 1.87 bits per heavy atom. The molecule has 1 aliphatic rings. The van der Waals surface area contributed by atoms with Crippen molar-refractivity contribution in [3.63, 3.8) is 0 Å². The number of hydrogen-bond acceptors (Lipinski definition) is 4. The number of anilines is 1. The summed E-state index contributed by atoms with van der Waals surface area (Å²) in [4.78, 5) is 8.84. The molecule has 5 rings (SSSR count). The molecule has 1 aliphatic heterocycles. The van der Waals surface area contributed by atoms with Crippen molar-refractivity contribution in [2.45, 2.75) is 0 Å². The predicted octanol–water partition coefficient (Wildman–Crippen LogP) is 4.31. The molecule has 0 saturated carbocycles. The molecule has 112 valence electrons. The molecule has 0 unspecified atom stereocenters. The van der Waals surface area contributed by atoms with Crippen LogP contribution < -0.4 is 4.90 Å². The number of fused-ring (bicyclic) bond motifs is 5. The number of para-hydroxylation sites is 1. The minimum atomic E-state index is 0.697. The molecule has 4 nitrogen and oxygen atoms in total. The molecule has 0 aliphatic carbocycles. The molecule has 4 heteroatoms. The van der Waals surface area contributed by atoms with Gasteiger partial charge in [-0.2, -0.15) is 0 Å². The average molecular weight is 301 g/mol. The molecule has 2 aromatic heterocycles. The third-order valence-electron chi connectivity index (χ3n) is 4.41. The molecule has 0 saturated heterocycles. The molecule has 4 aromatic rings. The van der Waals surface area contributed by atoms with Crippen molar-refractivity contribution in [3.8, 4) is 0 Å². The Bertz CT molecular complexity index is 1080. The van der Waals surface area contributed by atoms with Gasteiger partial charge in [-0.3, -0.25) is 0 Å². The standard InChI is InChI=1S/C19H15N3O/c1-21-9-10-22(12-21)16-8-4-7-15-17-14-6-3-2-5-13(14)11-20-19(17)23-18(15)16/h2-11H,12H2,1H3. The smallest absolute Gasteiger partial charge is 0.228 e. The Hall–Kier alpha value is -3.01. The van der Waals surface area contributed by atoms with Gasteiger partial charge in [0, 0.05) is 36.4 Å². The van der Waals surface area contributed by atoms with Crippen molar-refractivity contribution >= 4 is 38.5 Å². The minimum Gasteiger partial charge on any atom is -0.435 e. The van der Waals surface area contributed by atoms with Gasteiger partial charge < -0.3 is 14.2 Å². The third-order valence-corrected chi connectivity index (χ3v) is 4.41. The molecule has 3 heterocycles. The van der Waals surface area contributed by atoms with E-state index in [0.717, 1.165) is 34.1 Å². The van der Waals surface area contributed by atoms with E-state index in [4.69, 9.17) is 4.42 Å². The summed E-state index contributed by atoms with van der Waals surface area (Å²) in [6.07, 6.45) is 6.02. The molecule has 0 fully saturated rings. The Morgan fingerprint density at radius 1 is 1.00 bits per heavy atom. The normalized spacial score (nSPS) is 14.7. The number of nitrogens with zero attached hydrogens (tertiary/aromatic N) is 3. The highest BCUT2D eigenvalue weighted by molar-refractivity contribution is 6.19. The van der Waals surface area contributed by atoms with E-state index in [0.29, 0.717) is 5.71 Å². The number of rotatable bonds is 1. The highest BCUT2D eigenvalue weighted by Gasteiger charge is 2.19. The highest BCUT2D eigenvalue weighted by Crippen LogP contribution is 2.38. The average Bonchev–Trinajstić information content (AvgIpc) is 3.18. The van der Waals surface area contributed by atoms with Crippen molar-refractivity contribution in [1.82, 2.24) is 9.88 Å². The van der Waals surface area contributed by atoms with E-state index in [1.807, 2.05) is 12.3 Å². The Balaban J connectivity index is 1.87. The molecule has 0 bridgehead atoms. The van der Waals surface area contributed by atoms with Gasteiger partial charge >= 0.3 is 0 Å². The largest absolute Gasteiger partial charge is 0.435 e. The van der Waals surface area contributed by atoms with Crippen LogP contribution in [0.2, 0.25) is 0 Å². The molecule has 0 radical (unpaired) electrons. The Labute approximate surface area is 133 Å². The van der Waals surface area contributed by atoms with E-state index in [-0.39, 0.29) is 0 Å². The number of aromatic nitrogens is 1. The first-order valence-electron chi connectivity index (χ1n) is 7.65. The lowest BCUT2D eigenvalue weighted by molar-refractivity contribution is 0.495. The topological polar surface area (TPSA) is 32.5 Å². The Kier molecular flexibility index (Phi) is 2.45. The molecule has 0 amide bonds. The monoisotopic (exact) mass is 301 g/mol. The van der Waals surface area contributed by atoms with Gasteiger partial charge in [-0.25, -0.2) is 4.98 Å². The van der Waals surface area contributed by atoms with Gasteiger partial charge in [-0.05, 0) is 11.5 Å². The molecule has 23 heavy (non-hydrogen) atoms. The summed E-state index contributed by atoms with van der Waals surface area (Å²) in [6, 6.07) is 14.6. The second kappa shape index (κ2) is 4.49. The first-order chi connectivity index (χ1) is 11.3. The van der Waals surface area contributed by atoms with Crippen LogP contribution in [0.1, 0.15) is 0 Å². The van der Waals surface area contributed by atoms with Crippen molar-refractivity contribution in [1.29, 1.82) is 0 Å². The van der Waals surface area contributed by atoms with Crippen molar-refractivity contribution in [2.75, 3.05) is 18.6 Å². The SMILES string of the molecule is CN1C=CN(c2cccc3c2oc2ncc4ccccc4c23)C1. The fourth-order valence-corrected chi connectivity index (χ4v) is 3.32. The van der Waals surface area contributed by atoms with Gasteiger partial charge in [0.1, 0.15) is 0 Å². The predicted molar refractivity (Wildman–Crippen MR) is 93.3 cm³/mol. The fraction of sp³-hybridized carbons (Fsp3) is 0.105. The van der Waals surface area contributed by atoms with Gasteiger partial charge in [0.25, 0.3) is 0 Å². The maximum absolute atomic E-state index is 6.13. The molecular formula is C19H15N3O. The first-order valence-corrected chi connectivity index (χ1v) is 7.65. The lowest BCUT2D eigenvalue weighted by Gasteiger charge is -2.18.